The van der Waals surface area contributed by atoms with E-state index < -0.39 is 0 Å². The maximum absolute atomic E-state index is 4.36. The molecule has 4 nitrogen and oxygen atoms in total. The summed E-state index contributed by atoms with van der Waals surface area (Å²) in [7, 11) is 0. The molecule has 0 unspecified atom stereocenters. The van der Waals surface area contributed by atoms with Crippen LogP contribution in [0.2, 0.25) is 0 Å². The molecule has 0 atom stereocenters. The normalized spacial score (nSPS) is 11.4. The Bertz CT molecular complexity index is 379. The second-order valence-electron chi connectivity index (χ2n) is 4.75. The Hall–Kier alpha value is -0.970. The molecule has 0 spiro atoms. The quantitative estimate of drug-likeness (QED) is 0.796. The maximum atomic E-state index is 4.36. The molecule has 0 radical (unpaired) electrons. The molecular formula is C13H24N4S. The number of hydrogen-bond acceptors (Lipinski definition) is 5. The molecule has 0 saturated carbocycles. The van der Waals surface area contributed by atoms with E-state index in [1.54, 1.807) is 6.33 Å². The van der Waals surface area contributed by atoms with Crippen LogP contribution in [-0.2, 0) is 6.42 Å². The molecule has 0 aromatic carbocycles. The minimum absolute atomic E-state index is 0.203. The van der Waals surface area contributed by atoms with Gasteiger partial charge in [0.25, 0.3) is 0 Å². The number of anilines is 2. The second-order valence-corrected chi connectivity index (χ2v) is 6.26. The summed E-state index contributed by atoms with van der Waals surface area (Å²) in [6.45, 7) is 10.4. The number of nitrogens with zero attached hydrogens (tertiary/aromatic N) is 2. The predicted octanol–water partition coefficient (Wildman–Crippen LogP) is 3.02. The average Bonchev–Trinajstić information content (AvgIpc) is 2.37. The van der Waals surface area contributed by atoms with Crippen molar-refractivity contribution in [1.82, 2.24) is 9.97 Å². The first-order valence-corrected chi connectivity index (χ1v) is 7.63. The van der Waals surface area contributed by atoms with Gasteiger partial charge in [-0.1, -0.05) is 6.92 Å². The highest BCUT2D eigenvalue weighted by Gasteiger charge is 2.17. The zero-order valence-corrected chi connectivity index (χ0v) is 12.8. The van der Waals surface area contributed by atoms with Crippen LogP contribution in [-0.4, -0.2) is 34.1 Å². The third-order valence-electron chi connectivity index (χ3n) is 2.88. The number of aromatic nitrogens is 2. The van der Waals surface area contributed by atoms with E-state index in [9.17, 15) is 0 Å². The van der Waals surface area contributed by atoms with Gasteiger partial charge < -0.3 is 10.6 Å². The van der Waals surface area contributed by atoms with E-state index in [1.165, 1.54) is 0 Å². The fourth-order valence-electron chi connectivity index (χ4n) is 1.59. The molecule has 0 fully saturated rings. The van der Waals surface area contributed by atoms with Crippen molar-refractivity contribution >= 4 is 23.4 Å². The van der Waals surface area contributed by atoms with Crippen LogP contribution in [0.25, 0.3) is 0 Å². The van der Waals surface area contributed by atoms with Crippen LogP contribution in [0, 0.1) is 0 Å². The Kier molecular flexibility index (Phi) is 5.72. The molecule has 102 valence electrons. The van der Waals surface area contributed by atoms with Crippen LogP contribution in [0.1, 0.15) is 33.3 Å². The standard InChI is InChI=1S/C13H24N4S/c1-6-10-11(14-7-2)16-9-17-12(10)15-8-13(3,4)18-5/h9H,6-8H2,1-5H3,(H2,14,15,16,17). The van der Waals surface area contributed by atoms with Crippen LogP contribution < -0.4 is 10.6 Å². The van der Waals surface area contributed by atoms with Crippen molar-refractivity contribution in [2.75, 3.05) is 30.0 Å². The molecule has 0 aliphatic heterocycles. The lowest BCUT2D eigenvalue weighted by Crippen LogP contribution is -2.26. The van der Waals surface area contributed by atoms with Gasteiger partial charge in [0.1, 0.15) is 18.0 Å². The van der Waals surface area contributed by atoms with Crippen LogP contribution in [0.3, 0.4) is 0 Å². The third kappa shape index (κ3) is 4.05. The zero-order chi connectivity index (χ0) is 13.6. The maximum Gasteiger partial charge on any atom is 0.134 e. The molecule has 2 N–H and O–H groups in total. The smallest absolute Gasteiger partial charge is 0.134 e. The van der Waals surface area contributed by atoms with E-state index >= 15 is 0 Å². The summed E-state index contributed by atoms with van der Waals surface area (Å²) in [5.41, 5.74) is 1.16. The summed E-state index contributed by atoms with van der Waals surface area (Å²) in [4.78, 5) is 8.66. The van der Waals surface area contributed by atoms with E-state index in [2.05, 4.69) is 54.6 Å². The van der Waals surface area contributed by atoms with Crippen LogP contribution in [0.4, 0.5) is 11.6 Å². The van der Waals surface area contributed by atoms with Crippen molar-refractivity contribution in [3.63, 3.8) is 0 Å². The zero-order valence-electron chi connectivity index (χ0n) is 12.0. The SMILES string of the molecule is CCNc1ncnc(NCC(C)(C)SC)c1CC. The first-order chi connectivity index (χ1) is 8.54. The molecule has 0 saturated heterocycles. The number of nitrogens with one attached hydrogen (secondary N) is 2. The summed E-state index contributed by atoms with van der Waals surface area (Å²) in [5, 5.41) is 6.72. The fourth-order valence-corrected chi connectivity index (χ4v) is 1.80. The number of hydrogen-bond donors (Lipinski definition) is 2. The van der Waals surface area contributed by atoms with Gasteiger partial charge in [-0.3, -0.25) is 0 Å². The molecule has 0 bridgehead atoms. The Morgan fingerprint density at radius 1 is 1.17 bits per heavy atom. The Morgan fingerprint density at radius 2 is 1.78 bits per heavy atom. The van der Waals surface area contributed by atoms with Crippen molar-refractivity contribution in [3.8, 4) is 0 Å². The second kappa shape index (κ2) is 6.83. The van der Waals surface area contributed by atoms with Crippen molar-refractivity contribution in [1.29, 1.82) is 0 Å². The summed E-state index contributed by atoms with van der Waals surface area (Å²) in [6, 6.07) is 0. The highest BCUT2D eigenvalue weighted by Crippen LogP contribution is 2.24. The molecule has 18 heavy (non-hydrogen) atoms. The molecule has 1 rings (SSSR count). The molecule has 0 aliphatic carbocycles. The van der Waals surface area contributed by atoms with Gasteiger partial charge in [0.2, 0.25) is 0 Å². The van der Waals surface area contributed by atoms with Crippen LogP contribution in [0.15, 0.2) is 6.33 Å². The molecule has 1 heterocycles. The topological polar surface area (TPSA) is 49.8 Å². The minimum Gasteiger partial charge on any atom is -0.370 e. The molecule has 0 amide bonds. The van der Waals surface area contributed by atoms with E-state index in [4.69, 9.17) is 0 Å². The Labute approximate surface area is 114 Å². The van der Waals surface area contributed by atoms with Crippen LogP contribution >= 0.6 is 11.8 Å². The lowest BCUT2D eigenvalue weighted by Gasteiger charge is -2.23. The fraction of sp³-hybridized carbons (Fsp3) is 0.692. The molecule has 1 aromatic heterocycles. The molecule has 5 heteroatoms. The monoisotopic (exact) mass is 268 g/mol. The highest BCUT2D eigenvalue weighted by atomic mass is 32.2. The first kappa shape index (κ1) is 15.1. The summed E-state index contributed by atoms with van der Waals surface area (Å²) < 4.78 is 0.203. The minimum atomic E-state index is 0.203. The average molecular weight is 268 g/mol. The largest absolute Gasteiger partial charge is 0.370 e. The van der Waals surface area contributed by atoms with E-state index in [1.807, 2.05) is 11.8 Å². The van der Waals surface area contributed by atoms with Crippen molar-refractivity contribution < 1.29 is 0 Å². The van der Waals surface area contributed by atoms with Gasteiger partial charge in [0, 0.05) is 23.4 Å². The predicted molar refractivity (Wildman–Crippen MR) is 81.7 cm³/mol. The van der Waals surface area contributed by atoms with Crippen LogP contribution in [0.5, 0.6) is 0 Å². The van der Waals surface area contributed by atoms with Gasteiger partial charge in [-0.25, -0.2) is 9.97 Å². The van der Waals surface area contributed by atoms with Gasteiger partial charge in [-0.15, -0.1) is 0 Å². The third-order valence-corrected chi connectivity index (χ3v) is 4.13. The van der Waals surface area contributed by atoms with Gasteiger partial charge in [0.15, 0.2) is 0 Å². The van der Waals surface area contributed by atoms with E-state index in [0.717, 1.165) is 36.7 Å². The first-order valence-electron chi connectivity index (χ1n) is 6.40. The Balaban J connectivity index is 2.85. The van der Waals surface area contributed by atoms with Crippen molar-refractivity contribution in [3.05, 3.63) is 11.9 Å². The van der Waals surface area contributed by atoms with Gasteiger partial charge in [-0.05, 0) is 33.4 Å². The summed E-state index contributed by atoms with van der Waals surface area (Å²) in [6.07, 6.45) is 4.67. The van der Waals surface area contributed by atoms with Crippen molar-refractivity contribution in [2.45, 2.75) is 38.9 Å². The molecular weight excluding hydrogens is 244 g/mol. The van der Waals surface area contributed by atoms with Crippen molar-refractivity contribution in [2.24, 2.45) is 0 Å². The van der Waals surface area contributed by atoms with E-state index in [0.29, 0.717) is 0 Å². The number of rotatable bonds is 7. The highest BCUT2D eigenvalue weighted by molar-refractivity contribution is 7.99. The Morgan fingerprint density at radius 3 is 2.28 bits per heavy atom. The summed E-state index contributed by atoms with van der Waals surface area (Å²) in [5.74, 6) is 1.89. The summed E-state index contributed by atoms with van der Waals surface area (Å²) >= 11 is 1.85. The van der Waals surface area contributed by atoms with Gasteiger partial charge in [0.05, 0.1) is 0 Å². The van der Waals surface area contributed by atoms with E-state index in [-0.39, 0.29) is 4.75 Å². The van der Waals surface area contributed by atoms with Gasteiger partial charge in [-0.2, -0.15) is 11.8 Å². The lowest BCUT2D eigenvalue weighted by atomic mass is 10.2. The lowest BCUT2D eigenvalue weighted by molar-refractivity contribution is 0.748. The molecule has 0 aliphatic rings. The van der Waals surface area contributed by atoms with Gasteiger partial charge >= 0.3 is 0 Å². The molecule has 1 aromatic rings. The number of thioether (sulfide) groups is 1.